The van der Waals surface area contributed by atoms with Crippen LogP contribution in [0.5, 0.6) is 5.75 Å². The number of carbonyl (C=O) groups is 2. The summed E-state index contributed by atoms with van der Waals surface area (Å²) < 4.78 is 5.45. The Bertz CT molecular complexity index is 837. The van der Waals surface area contributed by atoms with Gasteiger partial charge >= 0.3 is 11.9 Å². The molecule has 0 bridgehead atoms. The van der Waals surface area contributed by atoms with Crippen LogP contribution in [0, 0.1) is 29.1 Å². The number of ether oxygens (including phenoxy) is 1. The van der Waals surface area contributed by atoms with E-state index in [2.05, 4.69) is 35.0 Å². The fraction of sp³-hybridized carbons (Fsp3) is 0.692. The molecule has 0 heterocycles. The Hall–Kier alpha value is -1.36. The number of carboxylic acids is 1. The molecule has 1 unspecified atom stereocenters. The summed E-state index contributed by atoms with van der Waals surface area (Å²) in [6, 6.07) is 6.22. The highest BCUT2D eigenvalue weighted by molar-refractivity contribution is 9.09. The number of carbonyl (C=O) groups excluding carboxylic acids is 1. The lowest BCUT2D eigenvalue weighted by molar-refractivity contribution is -0.146. The van der Waals surface area contributed by atoms with E-state index in [1.807, 2.05) is 13.0 Å². The van der Waals surface area contributed by atoms with Gasteiger partial charge in [0.15, 0.2) is 0 Å². The van der Waals surface area contributed by atoms with Crippen LogP contribution in [0.2, 0.25) is 0 Å². The molecule has 5 heteroatoms. The topological polar surface area (TPSA) is 63.6 Å². The van der Waals surface area contributed by atoms with Crippen LogP contribution in [0.3, 0.4) is 0 Å². The highest BCUT2D eigenvalue weighted by Crippen LogP contribution is 2.64. The number of halogens is 1. The number of alkyl halides is 1. The summed E-state index contributed by atoms with van der Waals surface area (Å²) in [5, 5.41) is 10.9. The predicted octanol–water partition coefficient (Wildman–Crippen LogP) is 6.35. The minimum atomic E-state index is -0.599. The summed E-state index contributed by atoms with van der Waals surface area (Å²) in [5.41, 5.74) is 2.92. The number of aryl methyl sites for hydroxylation is 1. The van der Waals surface area contributed by atoms with E-state index in [9.17, 15) is 14.7 Å². The molecule has 0 radical (unpaired) electrons. The second-order valence-corrected chi connectivity index (χ2v) is 10.9. The normalized spacial score (nSPS) is 32.5. The van der Waals surface area contributed by atoms with Crippen molar-refractivity contribution in [1.29, 1.82) is 0 Å². The smallest absolute Gasteiger partial charge is 0.310 e. The van der Waals surface area contributed by atoms with Crippen molar-refractivity contribution in [3.63, 3.8) is 0 Å². The predicted molar refractivity (Wildman–Crippen MR) is 125 cm³/mol. The first-order valence-electron chi connectivity index (χ1n) is 12.0. The van der Waals surface area contributed by atoms with E-state index in [1.54, 1.807) is 0 Å². The van der Waals surface area contributed by atoms with E-state index < -0.39 is 5.97 Å². The summed E-state index contributed by atoms with van der Waals surface area (Å²) >= 11 is 3.48. The number of fused-ring (bicyclic) bond motifs is 5. The standard InChI is InChI=1S/C26H35BrO4/c1-3-24(28)31-17-7-9-18-16(15-17)6-8-20-19(18)12-13-26(2)22(20)10-11-23(26)21(25(29)30)5-4-14-27/h7,9,15,19-23H,3-6,8,10-14H2,1-2H3,(H,29,30)/t19-,20-,21?,22+,23-,26+/m1/s1. The summed E-state index contributed by atoms with van der Waals surface area (Å²) in [6.07, 6.45) is 8.77. The molecular weight excluding hydrogens is 456 g/mol. The van der Waals surface area contributed by atoms with Gasteiger partial charge in [-0.1, -0.05) is 35.8 Å². The fourth-order valence-corrected chi connectivity index (χ4v) is 7.64. The van der Waals surface area contributed by atoms with Crippen molar-refractivity contribution in [2.75, 3.05) is 5.33 Å². The van der Waals surface area contributed by atoms with Gasteiger partial charge in [0.1, 0.15) is 5.75 Å². The second-order valence-electron chi connectivity index (χ2n) is 10.1. The lowest BCUT2D eigenvalue weighted by Crippen LogP contribution is -2.45. The number of carboxylic acid groups (broad SMARTS) is 1. The maximum Gasteiger partial charge on any atom is 0.310 e. The van der Waals surface area contributed by atoms with Gasteiger partial charge in [-0.15, -0.1) is 0 Å². The molecule has 0 aromatic heterocycles. The molecule has 0 spiro atoms. The molecule has 31 heavy (non-hydrogen) atoms. The minimum Gasteiger partial charge on any atom is -0.481 e. The monoisotopic (exact) mass is 490 g/mol. The van der Waals surface area contributed by atoms with Gasteiger partial charge in [0.05, 0.1) is 5.92 Å². The number of benzene rings is 1. The quantitative estimate of drug-likeness (QED) is 0.274. The van der Waals surface area contributed by atoms with Crippen molar-refractivity contribution < 1.29 is 19.4 Å². The number of esters is 1. The Kier molecular flexibility index (Phi) is 6.81. The average molecular weight is 491 g/mol. The maximum absolute atomic E-state index is 12.1. The van der Waals surface area contributed by atoms with Gasteiger partial charge in [-0.3, -0.25) is 9.59 Å². The van der Waals surface area contributed by atoms with Gasteiger partial charge in [0, 0.05) is 11.8 Å². The summed E-state index contributed by atoms with van der Waals surface area (Å²) in [7, 11) is 0. The number of hydrogen-bond donors (Lipinski definition) is 1. The van der Waals surface area contributed by atoms with E-state index in [1.165, 1.54) is 17.5 Å². The van der Waals surface area contributed by atoms with Crippen LogP contribution in [-0.4, -0.2) is 22.4 Å². The van der Waals surface area contributed by atoms with E-state index in [0.717, 1.165) is 50.3 Å². The van der Waals surface area contributed by atoms with Crippen LogP contribution in [0.15, 0.2) is 18.2 Å². The highest BCUT2D eigenvalue weighted by Gasteiger charge is 2.57. The summed E-state index contributed by atoms with van der Waals surface area (Å²) in [4.78, 5) is 23.8. The number of hydrogen-bond acceptors (Lipinski definition) is 3. The van der Waals surface area contributed by atoms with Gasteiger partial charge in [-0.05, 0) is 104 Å². The largest absolute Gasteiger partial charge is 0.481 e. The molecule has 4 rings (SSSR count). The van der Waals surface area contributed by atoms with E-state index in [0.29, 0.717) is 35.8 Å². The number of aliphatic carboxylic acids is 1. The second kappa shape index (κ2) is 9.25. The summed E-state index contributed by atoms with van der Waals surface area (Å²) in [5.74, 6) is 1.79. The Morgan fingerprint density at radius 3 is 2.77 bits per heavy atom. The van der Waals surface area contributed by atoms with Gasteiger partial charge in [-0.2, -0.15) is 0 Å². The lowest BCUT2D eigenvalue weighted by atomic mass is 9.53. The molecule has 0 amide bonds. The van der Waals surface area contributed by atoms with Crippen LogP contribution in [0.25, 0.3) is 0 Å². The zero-order valence-corrected chi connectivity index (χ0v) is 20.3. The third-order valence-corrected chi connectivity index (χ3v) is 9.30. The van der Waals surface area contributed by atoms with E-state index in [4.69, 9.17) is 4.74 Å². The first kappa shape index (κ1) is 22.8. The van der Waals surface area contributed by atoms with Crippen LogP contribution >= 0.6 is 15.9 Å². The third kappa shape index (κ3) is 4.19. The lowest BCUT2D eigenvalue weighted by Gasteiger charge is -2.52. The van der Waals surface area contributed by atoms with Gasteiger partial charge in [0.2, 0.25) is 0 Å². The number of rotatable bonds is 7. The molecule has 3 aliphatic carbocycles. The molecule has 0 aliphatic heterocycles. The molecule has 2 saturated carbocycles. The van der Waals surface area contributed by atoms with Crippen molar-refractivity contribution in [3.8, 4) is 5.75 Å². The molecule has 0 saturated heterocycles. The molecule has 4 nitrogen and oxygen atoms in total. The average Bonchev–Trinajstić information content (AvgIpc) is 3.10. The molecule has 1 N–H and O–H groups in total. The zero-order valence-electron chi connectivity index (χ0n) is 18.7. The molecule has 3 aliphatic rings. The van der Waals surface area contributed by atoms with E-state index in [-0.39, 0.29) is 17.3 Å². The van der Waals surface area contributed by atoms with Crippen molar-refractivity contribution in [2.45, 2.75) is 77.6 Å². The zero-order chi connectivity index (χ0) is 22.2. The van der Waals surface area contributed by atoms with Crippen LogP contribution in [0.4, 0.5) is 0 Å². The van der Waals surface area contributed by atoms with Gasteiger partial charge in [-0.25, -0.2) is 0 Å². The molecule has 6 atom stereocenters. The van der Waals surface area contributed by atoms with Crippen LogP contribution in [-0.2, 0) is 16.0 Å². The van der Waals surface area contributed by atoms with Gasteiger partial charge < -0.3 is 9.84 Å². The van der Waals surface area contributed by atoms with Crippen molar-refractivity contribution in [2.24, 2.45) is 29.1 Å². The first-order valence-corrected chi connectivity index (χ1v) is 13.1. The minimum absolute atomic E-state index is 0.143. The molecule has 1 aromatic carbocycles. The summed E-state index contributed by atoms with van der Waals surface area (Å²) in [6.45, 7) is 4.21. The SMILES string of the molecule is CCC(=O)Oc1ccc2c(c1)CC[C@@H]1[C@@H]2CC[C@]2(C)[C@@H](C(CCCBr)C(=O)O)CC[C@@H]12. The Morgan fingerprint density at radius 1 is 1.26 bits per heavy atom. The van der Waals surface area contributed by atoms with Gasteiger partial charge in [0.25, 0.3) is 0 Å². The Labute approximate surface area is 194 Å². The fourth-order valence-electron chi connectivity index (χ4n) is 7.32. The molecule has 1 aromatic rings. The van der Waals surface area contributed by atoms with Crippen LogP contribution in [0.1, 0.15) is 82.3 Å². The van der Waals surface area contributed by atoms with Crippen molar-refractivity contribution in [1.82, 2.24) is 0 Å². The van der Waals surface area contributed by atoms with E-state index >= 15 is 0 Å². The first-order chi connectivity index (χ1) is 14.9. The maximum atomic E-state index is 12.1. The van der Waals surface area contributed by atoms with Crippen molar-refractivity contribution >= 4 is 27.9 Å². The molecule has 170 valence electrons. The molecule has 2 fully saturated rings. The Balaban J connectivity index is 1.55. The highest BCUT2D eigenvalue weighted by atomic mass is 79.9. The van der Waals surface area contributed by atoms with Crippen LogP contribution < -0.4 is 4.74 Å². The van der Waals surface area contributed by atoms with Crippen molar-refractivity contribution in [3.05, 3.63) is 29.3 Å². The Morgan fingerprint density at radius 2 is 2.06 bits per heavy atom. The third-order valence-electron chi connectivity index (χ3n) is 8.74. The molecular formula is C26H35BrO4.